The number of methoxy groups -OCH3 is 2. The molecule has 0 bridgehead atoms. The fourth-order valence-corrected chi connectivity index (χ4v) is 4.22. The van der Waals surface area contributed by atoms with Gasteiger partial charge in [0.25, 0.3) is 0 Å². The van der Waals surface area contributed by atoms with Crippen LogP contribution >= 0.6 is 11.6 Å². The lowest BCUT2D eigenvalue weighted by Gasteiger charge is -2.35. The number of carbonyl (C=O) groups is 2. The molecule has 2 aromatic rings. The Morgan fingerprint density at radius 3 is 2.67 bits per heavy atom. The summed E-state index contributed by atoms with van der Waals surface area (Å²) in [5.74, 6) is -0.610. The molecule has 1 spiro atoms. The van der Waals surface area contributed by atoms with Gasteiger partial charge in [0, 0.05) is 30.0 Å². The van der Waals surface area contributed by atoms with Crippen molar-refractivity contribution < 1.29 is 23.8 Å². The standard InChI is InChI=1S/C22H21ClN2O5/c1-12-8-14(25-11-13-6-4-5-7-24-13)9-17(26)22(12)21(27)18-15(28-2)10-16(29-3)19(23)20(18)30-22/h4-7,9-10,12,25H,8,11H2,1-3H3/t12-,22+/m1/s1. The molecule has 0 amide bonds. The summed E-state index contributed by atoms with van der Waals surface area (Å²) >= 11 is 6.39. The zero-order valence-electron chi connectivity index (χ0n) is 16.8. The molecule has 1 aliphatic heterocycles. The third kappa shape index (κ3) is 3.01. The SMILES string of the molecule is COc1cc(OC)c2c(c1Cl)O[C@@]1(C(=O)C=C(NCc3ccccn3)C[C@H]1C)C2=O. The maximum Gasteiger partial charge on any atom is 0.236 e. The first-order chi connectivity index (χ1) is 14.4. The first kappa shape index (κ1) is 20.2. The van der Waals surface area contributed by atoms with Gasteiger partial charge in [-0.2, -0.15) is 0 Å². The molecular formula is C22H21ClN2O5. The maximum absolute atomic E-state index is 13.4. The highest BCUT2D eigenvalue weighted by Gasteiger charge is 2.60. The molecule has 1 N–H and O–H groups in total. The smallest absolute Gasteiger partial charge is 0.236 e. The molecule has 4 rings (SSSR count). The zero-order chi connectivity index (χ0) is 21.5. The van der Waals surface area contributed by atoms with Gasteiger partial charge < -0.3 is 19.5 Å². The average molecular weight is 429 g/mol. The van der Waals surface area contributed by atoms with E-state index in [2.05, 4.69) is 10.3 Å². The Morgan fingerprint density at radius 1 is 1.27 bits per heavy atom. The predicted octanol–water partition coefficient (Wildman–Crippen LogP) is 3.35. The van der Waals surface area contributed by atoms with Gasteiger partial charge >= 0.3 is 0 Å². The summed E-state index contributed by atoms with van der Waals surface area (Å²) in [7, 11) is 2.89. The second-order valence-corrected chi connectivity index (χ2v) is 7.66. The van der Waals surface area contributed by atoms with Crippen LogP contribution in [-0.2, 0) is 11.3 Å². The lowest BCUT2D eigenvalue weighted by molar-refractivity contribution is -0.129. The monoisotopic (exact) mass is 428 g/mol. The van der Waals surface area contributed by atoms with E-state index in [1.807, 2.05) is 25.1 Å². The van der Waals surface area contributed by atoms with Gasteiger partial charge in [-0.25, -0.2) is 0 Å². The third-order valence-corrected chi connectivity index (χ3v) is 5.89. The molecule has 2 heterocycles. The quantitative estimate of drug-likeness (QED) is 0.730. The summed E-state index contributed by atoms with van der Waals surface area (Å²) in [6.07, 6.45) is 3.60. The van der Waals surface area contributed by atoms with Crippen LogP contribution in [0.3, 0.4) is 0 Å². The fourth-order valence-electron chi connectivity index (χ4n) is 3.96. The van der Waals surface area contributed by atoms with E-state index in [4.69, 9.17) is 25.8 Å². The average Bonchev–Trinajstić information content (AvgIpc) is 3.07. The van der Waals surface area contributed by atoms with Crippen molar-refractivity contribution in [3.8, 4) is 17.2 Å². The largest absolute Gasteiger partial charge is 0.496 e. The molecule has 0 saturated heterocycles. The van der Waals surface area contributed by atoms with E-state index in [1.54, 1.807) is 6.20 Å². The van der Waals surface area contributed by atoms with Crippen molar-refractivity contribution in [2.24, 2.45) is 5.92 Å². The molecule has 30 heavy (non-hydrogen) atoms. The molecule has 2 aliphatic rings. The summed E-state index contributed by atoms with van der Waals surface area (Å²) in [6, 6.07) is 7.16. The Hall–Kier alpha value is -3.06. The number of rotatable bonds is 5. The Balaban J connectivity index is 1.66. The van der Waals surface area contributed by atoms with Crippen LogP contribution in [0.25, 0.3) is 0 Å². The number of nitrogens with one attached hydrogen (secondary N) is 1. The molecule has 8 heteroatoms. The minimum Gasteiger partial charge on any atom is -0.496 e. The van der Waals surface area contributed by atoms with Gasteiger partial charge in [0.05, 0.1) is 26.5 Å². The van der Waals surface area contributed by atoms with E-state index in [-0.39, 0.29) is 22.1 Å². The number of allylic oxidation sites excluding steroid dienone is 1. The molecule has 156 valence electrons. The van der Waals surface area contributed by atoms with Crippen molar-refractivity contribution in [3.05, 3.63) is 58.5 Å². The van der Waals surface area contributed by atoms with Crippen LogP contribution in [0, 0.1) is 5.92 Å². The van der Waals surface area contributed by atoms with E-state index in [9.17, 15) is 9.59 Å². The molecular weight excluding hydrogens is 408 g/mol. The highest BCUT2D eigenvalue weighted by molar-refractivity contribution is 6.36. The van der Waals surface area contributed by atoms with Crippen molar-refractivity contribution in [1.29, 1.82) is 0 Å². The molecule has 2 atom stereocenters. The Labute approximate surface area is 179 Å². The number of hydrogen-bond acceptors (Lipinski definition) is 7. The number of fused-ring (bicyclic) bond motifs is 1. The number of Topliss-reactive ketones (excluding diaryl/α,β-unsaturated/α-hetero) is 1. The number of carbonyl (C=O) groups excluding carboxylic acids is 2. The first-order valence-corrected chi connectivity index (χ1v) is 9.87. The topological polar surface area (TPSA) is 86.8 Å². The predicted molar refractivity (Wildman–Crippen MR) is 110 cm³/mol. The van der Waals surface area contributed by atoms with Gasteiger partial charge in [-0.05, 0) is 18.6 Å². The molecule has 7 nitrogen and oxygen atoms in total. The van der Waals surface area contributed by atoms with E-state index < -0.39 is 23.1 Å². The van der Waals surface area contributed by atoms with Crippen molar-refractivity contribution in [2.75, 3.05) is 14.2 Å². The molecule has 1 aliphatic carbocycles. The number of benzene rings is 1. The maximum atomic E-state index is 13.4. The number of nitrogens with zero attached hydrogens (tertiary/aromatic N) is 1. The molecule has 1 aromatic carbocycles. The van der Waals surface area contributed by atoms with Gasteiger partial charge in [-0.15, -0.1) is 0 Å². The first-order valence-electron chi connectivity index (χ1n) is 9.49. The molecule has 0 radical (unpaired) electrons. The lowest BCUT2D eigenvalue weighted by Crippen LogP contribution is -2.55. The van der Waals surface area contributed by atoms with Gasteiger partial charge in [0.1, 0.15) is 22.1 Å². The van der Waals surface area contributed by atoms with Crippen LogP contribution < -0.4 is 19.5 Å². The van der Waals surface area contributed by atoms with Gasteiger partial charge in [0.15, 0.2) is 5.75 Å². The molecule has 0 unspecified atom stereocenters. The second kappa shape index (κ2) is 7.65. The van der Waals surface area contributed by atoms with Crippen LogP contribution in [0.5, 0.6) is 17.2 Å². The van der Waals surface area contributed by atoms with Crippen molar-refractivity contribution in [1.82, 2.24) is 10.3 Å². The normalized spacial score (nSPS) is 22.4. The van der Waals surface area contributed by atoms with Crippen LogP contribution in [0.4, 0.5) is 0 Å². The number of aromatic nitrogens is 1. The zero-order valence-corrected chi connectivity index (χ0v) is 17.6. The lowest BCUT2D eigenvalue weighted by atomic mass is 9.74. The van der Waals surface area contributed by atoms with E-state index >= 15 is 0 Å². The van der Waals surface area contributed by atoms with E-state index in [0.717, 1.165) is 11.4 Å². The third-order valence-electron chi connectivity index (χ3n) is 5.53. The van der Waals surface area contributed by atoms with Crippen molar-refractivity contribution >= 4 is 23.2 Å². The van der Waals surface area contributed by atoms with Gasteiger partial charge in [-0.1, -0.05) is 24.6 Å². The Morgan fingerprint density at radius 2 is 2.03 bits per heavy atom. The molecule has 0 fully saturated rings. The second-order valence-electron chi connectivity index (χ2n) is 7.28. The molecule has 1 aromatic heterocycles. The van der Waals surface area contributed by atoms with Gasteiger partial charge in [0.2, 0.25) is 17.2 Å². The highest BCUT2D eigenvalue weighted by atomic mass is 35.5. The summed E-state index contributed by atoms with van der Waals surface area (Å²) in [5.41, 5.74) is 0.0819. The number of pyridine rings is 1. The number of halogens is 1. The van der Waals surface area contributed by atoms with E-state index in [1.165, 1.54) is 26.4 Å². The number of hydrogen-bond donors (Lipinski definition) is 1. The van der Waals surface area contributed by atoms with Crippen LogP contribution in [-0.4, -0.2) is 36.4 Å². The molecule has 0 saturated carbocycles. The van der Waals surface area contributed by atoms with Crippen LogP contribution in [0.15, 0.2) is 42.2 Å². The Kier molecular flexibility index (Phi) is 5.15. The summed E-state index contributed by atoms with van der Waals surface area (Å²) < 4.78 is 16.6. The van der Waals surface area contributed by atoms with Crippen LogP contribution in [0.1, 0.15) is 29.4 Å². The van der Waals surface area contributed by atoms with E-state index in [0.29, 0.717) is 18.7 Å². The minimum atomic E-state index is -1.66. The minimum absolute atomic E-state index is 0.122. The van der Waals surface area contributed by atoms with Crippen LogP contribution in [0.2, 0.25) is 5.02 Å². The van der Waals surface area contributed by atoms with Crippen molar-refractivity contribution in [2.45, 2.75) is 25.5 Å². The summed E-state index contributed by atoms with van der Waals surface area (Å²) in [4.78, 5) is 30.9. The number of ketones is 2. The fraction of sp³-hybridized carbons (Fsp3) is 0.318. The Bertz CT molecular complexity index is 1050. The number of ether oxygens (including phenoxy) is 3. The summed E-state index contributed by atoms with van der Waals surface area (Å²) in [5, 5.41) is 3.37. The van der Waals surface area contributed by atoms with Gasteiger partial charge in [-0.3, -0.25) is 14.6 Å². The summed E-state index contributed by atoms with van der Waals surface area (Å²) in [6.45, 7) is 2.29. The highest BCUT2D eigenvalue weighted by Crippen LogP contribution is 2.52. The van der Waals surface area contributed by atoms with Crippen molar-refractivity contribution in [3.63, 3.8) is 0 Å².